The van der Waals surface area contributed by atoms with Gasteiger partial charge in [-0.15, -0.1) is 0 Å². The van der Waals surface area contributed by atoms with Crippen molar-refractivity contribution in [2.45, 2.75) is 32.3 Å². The maximum Gasteiger partial charge on any atom is 0.319 e. The summed E-state index contributed by atoms with van der Waals surface area (Å²) in [4.78, 5) is 20.2. The van der Waals surface area contributed by atoms with E-state index >= 15 is 0 Å². The number of amides is 2. The first-order valence-corrected chi connectivity index (χ1v) is 8.31. The van der Waals surface area contributed by atoms with Crippen LogP contribution in [0.1, 0.15) is 36.4 Å². The van der Waals surface area contributed by atoms with Gasteiger partial charge in [-0.2, -0.15) is 0 Å². The largest absolute Gasteiger partial charge is 0.373 e. The lowest BCUT2D eigenvalue weighted by atomic mass is 9.96. The second-order valence-corrected chi connectivity index (χ2v) is 5.72. The van der Waals surface area contributed by atoms with Crippen LogP contribution in [0.25, 0.3) is 0 Å². The van der Waals surface area contributed by atoms with Gasteiger partial charge in [0, 0.05) is 13.0 Å². The van der Waals surface area contributed by atoms with Crippen LogP contribution in [0.3, 0.4) is 0 Å². The van der Waals surface area contributed by atoms with Gasteiger partial charge in [-0.25, -0.2) is 14.8 Å². The van der Waals surface area contributed by atoms with Crippen molar-refractivity contribution in [2.75, 3.05) is 18.5 Å². The lowest BCUT2D eigenvalue weighted by Gasteiger charge is -2.26. The molecule has 1 aromatic carbocycles. The molecule has 0 saturated heterocycles. The molecule has 0 aliphatic carbocycles. The summed E-state index contributed by atoms with van der Waals surface area (Å²) in [5, 5.41) is 5.59. The Balaban J connectivity index is 1.47. The molecule has 1 aliphatic rings. The molecule has 1 unspecified atom stereocenters. The Hall–Kier alpha value is -2.47. The maximum absolute atomic E-state index is 11.9. The topological polar surface area (TPSA) is 76.1 Å². The molecule has 0 spiro atoms. The van der Waals surface area contributed by atoms with Gasteiger partial charge in [0.05, 0.1) is 30.8 Å². The molecule has 6 heteroatoms. The summed E-state index contributed by atoms with van der Waals surface area (Å²) in [5.41, 5.74) is 3.16. The summed E-state index contributed by atoms with van der Waals surface area (Å²) < 4.78 is 5.84. The molecule has 24 heavy (non-hydrogen) atoms. The van der Waals surface area contributed by atoms with Crippen molar-refractivity contribution in [1.82, 2.24) is 15.3 Å². The number of ether oxygens (including phenoxy) is 1. The fourth-order valence-electron chi connectivity index (χ4n) is 2.81. The minimum atomic E-state index is -0.257. The molecule has 1 atom stereocenters. The number of hydrogen-bond donors (Lipinski definition) is 2. The highest BCUT2D eigenvalue weighted by molar-refractivity contribution is 5.88. The van der Waals surface area contributed by atoms with Gasteiger partial charge in [0.2, 0.25) is 0 Å². The molecular weight excluding hydrogens is 304 g/mol. The van der Waals surface area contributed by atoms with E-state index in [0.29, 0.717) is 12.2 Å². The summed E-state index contributed by atoms with van der Waals surface area (Å²) in [6.45, 7) is 3.26. The zero-order chi connectivity index (χ0) is 16.8. The second-order valence-electron chi connectivity index (χ2n) is 5.72. The Morgan fingerprint density at radius 2 is 2.08 bits per heavy atom. The number of aromatic nitrogens is 2. The van der Waals surface area contributed by atoms with Crippen molar-refractivity contribution in [2.24, 2.45) is 0 Å². The van der Waals surface area contributed by atoms with Gasteiger partial charge >= 0.3 is 6.03 Å². The van der Waals surface area contributed by atoms with Crippen LogP contribution in [-0.4, -0.2) is 29.2 Å². The standard InChI is InChI=1S/C18H22N4O2/c1-2-17-20-11-14(12-21-17)22-18(23)19-9-7-16-15-6-4-3-5-13(15)8-10-24-16/h3-6,11-12,16H,2,7-10H2,1H3,(H2,19,22,23). The number of aryl methyl sites for hydroxylation is 1. The molecule has 1 aliphatic heterocycles. The SMILES string of the molecule is CCc1ncc(NC(=O)NCCC2OCCc3ccccc32)cn1. The highest BCUT2D eigenvalue weighted by Gasteiger charge is 2.20. The molecule has 0 saturated carbocycles. The molecule has 2 aromatic rings. The Labute approximate surface area is 141 Å². The number of fused-ring (bicyclic) bond motifs is 1. The van der Waals surface area contributed by atoms with Gasteiger partial charge in [-0.05, 0) is 24.0 Å². The molecule has 6 nitrogen and oxygen atoms in total. The molecule has 2 heterocycles. The van der Waals surface area contributed by atoms with Crippen LogP contribution in [0.4, 0.5) is 10.5 Å². The van der Waals surface area contributed by atoms with Gasteiger partial charge in [-0.1, -0.05) is 31.2 Å². The number of hydrogen-bond acceptors (Lipinski definition) is 4. The summed E-state index contributed by atoms with van der Waals surface area (Å²) in [5.74, 6) is 0.758. The van der Waals surface area contributed by atoms with Crippen LogP contribution < -0.4 is 10.6 Å². The molecular formula is C18H22N4O2. The third kappa shape index (κ3) is 4.08. The van der Waals surface area contributed by atoms with E-state index in [2.05, 4.69) is 38.8 Å². The summed E-state index contributed by atoms with van der Waals surface area (Å²) >= 11 is 0. The molecule has 3 rings (SSSR count). The highest BCUT2D eigenvalue weighted by Crippen LogP contribution is 2.28. The minimum Gasteiger partial charge on any atom is -0.373 e. The quantitative estimate of drug-likeness (QED) is 0.886. The predicted octanol–water partition coefficient (Wildman–Crippen LogP) is 2.86. The fourth-order valence-corrected chi connectivity index (χ4v) is 2.81. The Morgan fingerprint density at radius 1 is 1.29 bits per heavy atom. The van der Waals surface area contributed by atoms with Crippen LogP contribution in [-0.2, 0) is 17.6 Å². The van der Waals surface area contributed by atoms with Crippen LogP contribution in [0.2, 0.25) is 0 Å². The molecule has 0 bridgehead atoms. The van der Waals surface area contributed by atoms with Crippen molar-refractivity contribution < 1.29 is 9.53 Å². The molecule has 126 valence electrons. The zero-order valence-corrected chi connectivity index (χ0v) is 13.8. The number of nitrogens with zero attached hydrogens (tertiary/aromatic N) is 2. The maximum atomic E-state index is 11.9. The summed E-state index contributed by atoms with van der Waals surface area (Å²) in [6.07, 6.45) is 5.75. The monoisotopic (exact) mass is 326 g/mol. The van der Waals surface area contributed by atoms with E-state index < -0.39 is 0 Å². The Kier molecular flexibility index (Phi) is 5.38. The molecule has 2 amide bonds. The first-order chi connectivity index (χ1) is 11.8. The summed E-state index contributed by atoms with van der Waals surface area (Å²) in [7, 11) is 0. The second kappa shape index (κ2) is 7.88. The minimum absolute atomic E-state index is 0.0439. The van der Waals surface area contributed by atoms with Crippen molar-refractivity contribution >= 4 is 11.7 Å². The van der Waals surface area contributed by atoms with E-state index in [9.17, 15) is 4.79 Å². The fraction of sp³-hybridized carbons (Fsp3) is 0.389. The number of benzene rings is 1. The first-order valence-electron chi connectivity index (χ1n) is 8.31. The molecule has 0 fully saturated rings. The number of nitrogens with one attached hydrogen (secondary N) is 2. The van der Waals surface area contributed by atoms with E-state index in [1.807, 2.05) is 13.0 Å². The number of anilines is 1. The van der Waals surface area contributed by atoms with E-state index in [0.717, 1.165) is 31.7 Å². The lowest BCUT2D eigenvalue weighted by molar-refractivity contribution is 0.0373. The Morgan fingerprint density at radius 3 is 2.88 bits per heavy atom. The predicted molar refractivity (Wildman–Crippen MR) is 91.9 cm³/mol. The number of carbonyl (C=O) groups excluding carboxylic acids is 1. The van der Waals surface area contributed by atoms with E-state index in [-0.39, 0.29) is 12.1 Å². The van der Waals surface area contributed by atoms with Gasteiger partial charge in [0.25, 0.3) is 0 Å². The van der Waals surface area contributed by atoms with Gasteiger partial charge in [0.1, 0.15) is 5.82 Å². The van der Waals surface area contributed by atoms with Crippen molar-refractivity contribution in [1.29, 1.82) is 0 Å². The van der Waals surface area contributed by atoms with Crippen LogP contribution in [0, 0.1) is 0 Å². The van der Waals surface area contributed by atoms with Crippen molar-refractivity contribution in [3.63, 3.8) is 0 Å². The van der Waals surface area contributed by atoms with Crippen LogP contribution in [0.5, 0.6) is 0 Å². The van der Waals surface area contributed by atoms with Crippen molar-refractivity contribution in [3.8, 4) is 0 Å². The van der Waals surface area contributed by atoms with E-state index in [1.165, 1.54) is 11.1 Å². The average molecular weight is 326 g/mol. The first kappa shape index (κ1) is 16.4. The lowest BCUT2D eigenvalue weighted by Crippen LogP contribution is -2.31. The highest BCUT2D eigenvalue weighted by atomic mass is 16.5. The molecule has 1 aromatic heterocycles. The Bertz CT molecular complexity index is 688. The third-order valence-electron chi connectivity index (χ3n) is 4.06. The van der Waals surface area contributed by atoms with Gasteiger partial charge in [-0.3, -0.25) is 0 Å². The number of urea groups is 1. The van der Waals surface area contributed by atoms with Crippen LogP contribution >= 0.6 is 0 Å². The van der Waals surface area contributed by atoms with Crippen molar-refractivity contribution in [3.05, 3.63) is 53.6 Å². The zero-order valence-electron chi connectivity index (χ0n) is 13.8. The van der Waals surface area contributed by atoms with E-state index in [1.54, 1.807) is 12.4 Å². The third-order valence-corrected chi connectivity index (χ3v) is 4.06. The van der Waals surface area contributed by atoms with Gasteiger partial charge < -0.3 is 15.4 Å². The smallest absolute Gasteiger partial charge is 0.319 e. The average Bonchev–Trinajstić information content (AvgIpc) is 2.62. The summed E-state index contributed by atoms with van der Waals surface area (Å²) in [6, 6.07) is 8.07. The normalized spacial score (nSPS) is 16.3. The molecule has 2 N–H and O–H groups in total. The van der Waals surface area contributed by atoms with E-state index in [4.69, 9.17) is 4.74 Å². The number of rotatable bonds is 5. The van der Waals surface area contributed by atoms with Crippen LogP contribution in [0.15, 0.2) is 36.7 Å². The van der Waals surface area contributed by atoms with Gasteiger partial charge in [0.15, 0.2) is 0 Å². The molecule has 0 radical (unpaired) electrons. The number of carbonyl (C=O) groups is 1.